The molecule has 0 spiro atoms. The molecule has 5 rings (SSSR count). The number of hydrogen-bond acceptors (Lipinski definition) is 6. The molecule has 0 saturated carbocycles. The predicted molar refractivity (Wildman–Crippen MR) is 105 cm³/mol. The van der Waals surface area contributed by atoms with E-state index in [1.165, 1.54) is 18.5 Å². The molecule has 4 aromatic rings. The summed E-state index contributed by atoms with van der Waals surface area (Å²) in [5.41, 5.74) is 3.85. The molecule has 1 N–H and O–H groups in total. The maximum Gasteiger partial charge on any atom is 0.140 e. The second-order valence-electron chi connectivity index (χ2n) is 6.83. The van der Waals surface area contributed by atoms with Crippen LogP contribution in [0.25, 0.3) is 10.9 Å². The van der Waals surface area contributed by atoms with E-state index in [0.717, 1.165) is 52.4 Å². The van der Waals surface area contributed by atoms with Crippen LogP contribution >= 0.6 is 0 Å². The summed E-state index contributed by atoms with van der Waals surface area (Å²) in [5, 5.41) is 8.23. The van der Waals surface area contributed by atoms with Gasteiger partial charge in [0.2, 0.25) is 0 Å². The van der Waals surface area contributed by atoms with Gasteiger partial charge in [0.1, 0.15) is 23.8 Å². The van der Waals surface area contributed by atoms with Gasteiger partial charge in [0.05, 0.1) is 23.6 Å². The molecule has 0 saturated heterocycles. The summed E-state index contributed by atoms with van der Waals surface area (Å²) in [5.74, 6) is 1.36. The number of rotatable bonds is 3. The molecule has 4 heterocycles. The van der Waals surface area contributed by atoms with Crippen molar-refractivity contribution < 1.29 is 4.39 Å². The van der Waals surface area contributed by atoms with Crippen LogP contribution in [-0.4, -0.2) is 31.3 Å². The van der Waals surface area contributed by atoms with E-state index in [4.69, 9.17) is 0 Å². The summed E-state index contributed by atoms with van der Waals surface area (Å²) in [6, 6.07) is 8.62. The van der Waals surface area contributed by atoms with Crippen LogP contribution in [0.5, 0.6) is 0 Å². The minimum Gasteiger partial charge on any atom is -0.351 e. The normalized spacial score (nSPS) is 13.6. The van der Waals surface area contributed by atoms with Gasteiger partial charge in [0.15, 0.2) is 0 Å². The van der Waals surface area contributed by atoms with E-state index >= 15 is 0 Å². The van der Waals surface area contributed by atoms with Gasteiger partial charge in [-0.2, -0.15) is 5.10 Å². The Morgan fingerprint density at radius 1 is 1.11 bits per heavy atom. The van der Waals surface area contributed by atoms with Crippen LogP contribution in [0.1, 0.15) is 11.3 Å². The van der Waals surface area contributed by atoms with Gasteiger partial charge in [0, 0.05) is 43.7 Å². The van der Waals surface area contributed by atoms with Crippen LogP contribution in [0.15, 0.2) is 49.1 Å². The Morgan fingerprint density at radius 2 is 2.04 bits per heavy atom. The average molecular weight is 375 g/mol. The van der Waals surface area contributed by atoms with E-state index in [0.29, 0.717) is 6.54 Å². The van der Waals surface area contributed by atoms with Crippen molar-refractivity contribution >= 4 is 28.2 Å². The highest BCUT2D eigenvalue weighted by Gasteiger charge is 2.21. The van der Waals surface area contributed by atoms with Gasteiger partial charge in [-0.3, -0.25) is 9.67 Å². The molecule has 3 aromatic heterocycles. The van der Waals surface area contributed by atoms with E-state index in [1.807, 2.05) is 19.3 Å². The summed E-state index contributed by atoms with van der Waals surface area (Å²) in [4.78, 5) is 15.5. The van der Waals surface area contributed by atoms with Gasteiger partial charge in [-0.05, 0) is 29.8 Å². The molecule has 140 valence electrons. The Bertz CT molecular complexity index is 1170. The standard InChI is InChI=1S/C20H18FN7/c1-27-19(4-6-25-27)26-15-8-13-11-28(7-5-17(13)22-10-15)20-16-9-14(21)2-3-18(16)23-12-24-20/h2-4,6,8-10,12,26H,5,7,11H2,1H3. The van der Waals surface area contributed by atoms with Crippen molar-refractivity contribution in [3.05, 3.63) is 66.1 Å². The zero-order valence-corrected chi connectivity index (χ0v) is 15.3. The maximum atomic E-state index is 13.8. The summed E-state index contributed by atoms with van der Waals surface area (Å²) in [6.07, 6.45) is 5.93. The number of anilines is 3. The molecule has 0 fully saturated rings. The molecular weight excluding hydrogens is 357 g/mol. The predicted octanol–water partition coefficient (Wildman–Crippen LogP) is 3.20. The second kappa shape index (κ2) is 6.56. The summed E-state index contributed by atoms with van der Waals surface area (Å²) < 4.78 is 15.6. The quantitative estimate of drug-likeness (QED) is 0.593. The van der Waals surface area contributed by atoms with E-state index in [1.54, 1.807) is 16.9 Å². The number of nitrogens with one attached hydrogen (secondary N) is 1. The lowest BCUT2D eigenvalue weighted by atomic mass is 10.0. The number of hydrogen-bond donors (Lipinski definition) is 1. The number of aryl methyl sites for hydroxylation is 1. The van der Waals surface area contributed by atoms with Crippen molar-refractivity contribution in [3.63, 3.8) is 0 Å². The monoisotopic (exact) mass is 375 g/mol. The fourth-order valence-electron chi connectivity index (χ4n) is 3.59. The van der Waals surface area contributed by atoms with Gasteiger partial charge >= 0.3 is 0 Å². The minimum atomic E-state index is -0.287. The molecule has 0 bridgehead atoms. The zero-order chi connectivity index (χ0) is 19.1. The highest BCUT2D eigenvalue weighted by atomic mass is 19.1. The number of benzene rings is 1. The fraction of sp³-hybridized carbons (Fsp3) is 0.200. The molecule has 28 heavy (non-hydrogen) atoms. The smallest absolute Gasteiger partial charge is 0.140 e. The lowest BCUT2D eigenvalue weighted by molar-refractivity contribution is 0.629. The molecule has 1 aromatic carbocycles. The lowest BCUT2D eigenvalue weighted by Gasteiger charge is -2.30. The van der Waals surface area contributed by atoms with E-state index in [2.05, 4.69) is 36.3 Å². The molecule has 7 nitrogen and oxygen atoms in total. The lowest BCUT2D eigenvalue weighted by Crippen LogP contribution is -2.31. The molecule has 0 radical (unpaired) electrons. The first-order chi connectivity index (χ1) is 13.7. The molecule has 1 aliphatic heterocycles. The highest BCUT2D eigenvalue weighted by molar-refractivity contribution is 5.89. The van der Waals surface area contributed by atoms with Crippen LogP contribution in [0, 0.1) is 5.82 Å². The SMILES string of the molecule is Cn1nccc1Nc1cnc2c(c1)CN(c1ncnc3ccc(F)cc13)CC2. The van der Waals surface area contributed by atoms with Crippen molar-refractivity contribution in [2.45, 2.75) is 13.0 Å². The third kappa shape index (κ3) is 2.92. The molecular formula is C20H18FN7. The van der Waals surface area contributed by atoms with Crippen LogP contribution in [0.2, 0.25) is 0 Å². The largest absolute Gasteiger partial charge is 0.351 e. The van der Waals surface area contributed by atoms with Crippen molar-refractivity contribution in [2.24, 2.45) is 7.05 Å². The zero-order valence-electron chi connectivity index (χ0n) is 15.3. The van der Waals surface area contributed by atoms with Gasteiger partial charge in [-0.25, -0.2) is 14.4 Å². The fourth-order valence-corrected chi connectivity index (χ4v) is 3.59. The van der Waals surface area contributed by atoms with Crippen LogP contribution in [-0.2, 0) is 20.0 Å². The summed E-state index contributed by atoms with van der Waals surface area (Å²) >= 11 is 0. The van der Waals surface area contributed by atoms with Crippen molar-refractivity contribution in [3.8, 4) is 0 Å². The summed E-state index contributed by atoms with van der Waals surface area (Å²) in [7, 11) is 1.88. The van der Waals surface area contributed by atoms with Crippen LogP contribution < -0.4 is 10.2 Å². The second-order valence-corrected chi connectivity index (χ2v) is 6.83. The summed E-state index contributed by atoms with van der Waals surface area (Å²) in [6.45, 7) is 1.43. The molecule has 0 amide bonds. The van der Waals surface area contributed by atoms with E-state index in [9.17, 15) is 4.39 Å². The number of fused-ring (bicyclic) bond motifs is 2. The number of nitrogens with zero attached hydrogens (tertiary/aromatic N) is 6. The first-order valence-electron chi connectivity index (χ1n) is 9.05. The topological polar surface area (TPSA) is 71.8 Å². The van der Waals surface area contributed by atoms with Gasteiger partial charge in [0.25, 0.3) is 0 Å². The third-order valence-corrected chi connectivity index (χ3v) is 5.01. The van der Waals surface area contributed by atoms with Crippen molar-refractivity contribution in [1.29, 1.82) is 0 Å². The Hall–Kier alpha value is -3.55. The van der Waals surface area contributed by atoms with Crippen LogP contribution in [0.4, 0.5) is 21.7 Å². The molecule has 1 aliphatic rings. The third-order valence-electron chi connectivity index (χ3n) is 5.01. The number of pyridine rings is 1. The Kier molecular flexibility index (Phi) is 3.89. The van der Waals surface area contributed by atoms with Gasteiger partial charge in [-0.1, -0.05) is 0 Å². The van der Waals surface area contributed by atoms with Crippen LogP contribution in [0.3, 0.4) is 0 Å². The molecule has 0 atom stereocenters. The van der Waals surface area contributed by atoms with Crippen molar-refractivity contribution in [2.75, 3.05) is 16.8 Å². The molecule has 0 aliphatic carbocycles. The molecule has 8 heteroatoms. The van der Waals surface area contributed by atoms with Gasteiger partial charge < -0.3 is 10.2 Å². The number of halogens is 1. The Morgan fingerprint density at radius 3 is 2.89 bits per heavy atom. The number of aromatic nitrogens is 5. The average Bonchev–Trinajstić information content (AvgIpc) is 3.11. The maximum absolute atomic E-state index is 13.8. The first-order valence-corrected chi connectivity index (χ1v) is 9.05. The van der Waals surface area contributed by atoms with Gasteiger partial charge in [-0.15, -0.1) is 0 Å². The highest BCUT2D eigenvalue weighted by Crippen LogP contribution is 2.29. The van der Waals surface area contributed by atoms with E-state index < -0.39 is 0 Å². The first kappa shape index (κ1) is 16.6. The Balaban J connectivity index is 1.47. The molecule has 0 unspecified atom stereocenters. The Labute approximate surface area is 160 Å². The van der Waals surface area contributed by atoms with Crippen molar-refractivity contribution in [1.82, 2.24) is 24.7 Å². The minimum absolute atomic E-state index is 0.287. The van der Waals surface area contributed by atoms with E-state index in [-0.39, 0.29) is 5.82 Å².